The predicted molar refractivity (Wildman–Crippen MR) is 90.2 cm³/mol. The Morgan fingerprint density at radius 3 is 2.38 bits per heavy atom. The molecule has 1 unspecified atom stereocenters. The number of nitriles is 2. The first-order chi connectivity index (χ1) is 11.5. The molecule has 126 valence electrons. The third-order valence-electron chi connectivity index (χ3n) is 4.77. The molecular weight excluding hydrogens is 324 g/mol. The monoisotopic (exact) mass is 344 g/mol. The summed E-state index contributed by atoms with van der Waals surface area (Å²) in [5, 5.41) is 22.2. The highest BCUT2D eigenvalue weighted by atomic mass is 32.2. The molecule has 24 heavy (non-hydrogen) atoms. The molecule has 0 bridgehead atoms. The molecule has 0 radical (unpaired) electrons. The lowest BCUT2D eigenvalue weighted by molar-refractivity contribution is 0.601. The highest BCUT2D eigenvalue weighted by Gasteiger charge is 2.29. The van der Waals surface area contributed by atoms with Crippen LogP contribution in [0, 0.1) is 22.7 Å². The maximum absolute atomic E-state index is 11.6. The first kappa shape index (κ1) is 16.7. The quantitative estimate of drug-likeness (QED) is 0.880. The number of fused-ring (bicyclic) bond motifs is 1. The molecule has 1 aliphatic carbocycles. The van der Waals surface area contributed by atoms with Gasteiger partial charge in [-0.1, -0.05) is 12.8 Å². The van der Waals surface area contributed by atoms with Crippen molar-refractivity contribution >= 4 is 15.7 Å². The first-order valence-corrected chi connectivity index (χ1v) is 10.2. The van der Waals surface area contributed by atoms with Gasteiger partial charge in [0.05, 0.1) is 17.1 Å². The van der Waals surface area contributed by atoms with Crippen molar-refractivity contribution in [2.24, 2.45) is 0 Å². The van der Waals surface area contributed by atoms with E-state index in [1.54, 1.807) is 0 Å². The smallest absolute Gasteiger partial charge is 0.152 e. The van der Waals surface area contributed by atoms with Gasteiger partial charge in [0.25, 0.3) is 0 Å². The second-order valence-corrected chi connectivity index (χ2v) is 8.75. The number of nitrogens with zero attached hydrogens (tertiary/aromatic N) is 3. The van der Waals surface area contributed by atoms with Gasteiger partial charge in [0.2, 0.25) is 0 Å². The molecule has 7 heteroatoms. The molecule has 2 aliphatic rings. The Labute approximate surface area is 142 Å². The first-order valence-electron chi connectivity index (χ1n) is 8.37. The van der Waals surface area contributed by atoms with Crippen LogP contribution in [0.4, 0.5) is 5.82 Å². The van der Waals surface area contributed by atoms with Gasteiger partial charge in [-0.2, -0.15) is 10.5 Å². The number of rotatable bonds is 2. The Hall–Kier alpha value is -2.12. The number of aromatic nitrogens is 1. The summed E-state index contributed by atoms with van der Waals surface area (Å²) in [7, 11) is -3.02. The zero-order chi connectivity index (χ0) is 17.2. The van der Waals surface area contributed by atoms with E-state index in [4.69, 9.17) is 0 Å². The van der Waals surface area contributed by atoms with Crippen molar-refractivity contribution in [2.45, 2.75) is 51.0 Å². The number of aryl methyl sites for hydroxylation is 1. The second-order valence-electron chi connectivity index (χ2n) is 6.52. The van der Waals surface area contributed by atoms with E-state index in [9.17, 15) is 18.9 Å². The Morgan fingerprint density at radius 1 is 1.04 bits per heavy atom. The van der Waals surface area contributed by atoms with Gasteiger partial charge < -0.3 is 5.32 Å². The SMILES string of the molecule is N#Cc1c(NC2CCS(=O)(=O)C2)nc2c(c1C#N)CCCCCC2. The molecule has 2 heterocycles. The molecule has 6 nitrogen and oxygen atoms in total. The van der Waals surface area contributed by atoms with E-state index in [1.165, 1.54) is 0 Å². The van der Waals surface area contributed by atoms with Gasteiger partial charge in [-0.15, -0.1) is 0 Å². The van der Waals surface area contributed by atoms with E-state index < -0.39 is 9.84 Å². The van der Waals surface area contributed by atoms with Crippen molar-refractivity contribution in [2.75, 3.05) is 16.8 Å². The van der Waals surface area contributed by atoms with Crippen LogP contribution in [0.15, 0.2) is 0 Å². The summed E-state index contributed by atoms with van der Waals surface area (Å²) in [6.45, 7) is 0. The van der Waals surface area contributed by atoms with E-state index in [0.29, 0.717) is 17.8 Å². The summed E-state index contributed by atoms with van der Waals surface area (Å²) in [6.07, 6.45) is 6.38. The third kappa shape index (κ3) is 3.37. The molecule has 1 saturated heterocycles. The molecule has 1 aromatic heterocycles. The van der Waals surface area contributed by atoms with Gasteiger partial charge in [0.1, 0.15) is 23.5 Å². The van der Waals surface area contributed by atoms with E-state index in [1.807, 2.05) is 0 Å². The summed E-state index contributed by atoms with van der Waals surface area (Å²) in [5.41, 5.74) is 2.45. The molecule has 1 aromatic rings. The number of anilines is 1. The van der Waals surface area contributed by atoms with Crippen LogP contribution in [-0.2, 0) is 22.7 Å². The van der Waals surface area contributed by atoms with Gasteiger partial charge in [-0.3, -0.25) is 0 Å². The van der Waals surface area contributed by atoms with Gasteiger partial charge in [0.15, 0.2) is 9.84 Å². The molecule has 1 aliphatic heterocycles. The summed E-state index contributed by atoms with van der Waals surface area (Å²) in [5.74, 6) is 0.580. The summed E-state index contributed by atoms with van der Waals surface area (Å²) < 4.78 is 23.3. The van der Waals surface area contributed by atoms with Crippen molar-refractivity contribution in [1.29, 1.82) is 10.5 Å². The van der Waals surface area contributed by atoms with Crippen LogP contribution in [0.2, 0.25) is 0 Å². The summed E-state index contributed by atoms with van der Waals surface area (Å²) in [4.78, 5) is 4.63. The molecule has 1 fully saturated rings. The molecule has 3 rings (SSSR count). The second kappa shape index (κ2) is 6.78. The standard InChI is InChI=1S/C17H20N4O2S/c18-9-14-13-5-3-1-2-4-6-16(13)21-17(15(14)10-19)20-12-7-8-24(22,23)11-12/h12H,1-8,11H2,(H,20,21). The predicted octanol–water partition coefficient (Wildman–Crippen LogP) is 2.08. The van der Waals surface area contributed by atoms with E-state index in [2.05, 4.69) is 22.4 Å². The molecule has 0 amide bonds. The normalized spacial score (nSPS) is 22.5. The molecule has 1 N–H and O–H groups in total. The average Bonchev–Trinajstić information content (AvgIpc) is 2.86. The molecule has 0 aromatic carbocycles. The maximum Gasteiger partial charge on any atom is 0.152 e. The minimum atomic E-state index is -3.02. The van der Waals surface area contributed by atoms with Gasteiger partial charge in [-0.25, -0.2) is 13.4 Å². The largest absolute Gasteiger partial charge is 0.365 e. The van der Waals surface area contributed by atoms with Crippen LogP contribution in [0.5, 0.6) is 0 Å². The van der Waals surface area contributed by atoms with Crippen molar-refractivity contribution < 1.29 is 8.42 Å². The van der Waals surface area contributed by atoms with E-state index >= 15 is 0 Å². The Kier molecular flexibility index (Phi) is 4.73. The minimum Gasteiger partial charge on any atom is -0.365 e. The third-order valence-corrected chi connectivity index (χ3v) is 6.54. The molecule has 0 spiro atoms. The van der Waals surface area contributed by atoms with Crippen LogP contribution >= 0.6 is 0 Å². The van der Waals surface area contributed by atoms with Crippen molar-refractivity contribution in [3.05, 3.63) is 22.4 Å². The lowest BCUT2D eigenvalue weighted by Crippen LogP contribution is -2.23. The number of nitrogens with one attached hydrogen (secondary N) is 1. The topological polar surface area (TPSA) is 107 Å². The van der Waals surface area contributed by atoms with Gasteiger partial charge in [0, 0.05) is 11.7 Å². The van der Waals surface area contributed by atoms with Gasteiger partial charge in [-0.05, 0) is 37.7 Å². The van der Waals surface area contributed by atoms with Crippen LogP contribution in [-0.4, -0.2) is 30.9 Å². The van der Waals surface area contributed by atoms with Gasteiger partial charge >= 0.3 is 0 Å². The molecular formula is C17H20N4O2S. The number of sulfone groups is 1. The minimum absolute atomic E-state index is 0.0541. The maximum atomic E-state index is 11.6. The number of hydrogen-bond acceptors (Lipinski definition) is 6. The van der Waals surface area contributed by atoms with Crippen LogP contribution in [0.1, 0.15) is 54.5 Å². The van der Waals surface area contributed by atoms with E-state index in [0.717, 1.165) is 49.8 Å². The van der Waals surface area contributed by atoms with Crippen LogP contribution in [0.25, 0.3) is 0 Å². The summed E-state index contributed by atoms with van der Waals surface area (Å²) >= 11 is 0. The summed E-state index contributed by atoms with van der Waals surface area (Å²) in [6, 6.07) is 4.04. The van der Waals surface area contributed by atoms with Crippen LogP contribution in [0.3, 0.4) is 0 Å². The lowest BCUT2D eigenvalue weighted by atomic mass is 9.91. The van der Waals surface area contributed by atoms with Crippen molar-refractivity contribution in [3.63, 3.8) is 0 Å². The highest BCUT2D eigenvalue weighted by Crippen LogP contribution is 2.29. The molecule has 0 saturated carbocycles. The molecule has 1 atom stereocenters. The fraction of sp³-hybridized carbons (Fsp3) is 0.588. The average molecular weight is 344 g/mol. The highest BCUT2D eigenvalue weighted by molar-refractivity contribution is 7.91. The Morgan fingerprint density at radius 2 is 1.75 bits per heavy atom. The van der Waals surface area contributed by atoms with Crippen LogP contribution < -0.4 is 5.32 Å². The number of pyridine rings is 1. The Balaban J connectivity index is 2.01. The van der Waals surface area contributed by atoms with Crippen molar-refractivity contribution in [1.82, 2.24) is 4.98 Å². The number of hydrogen-bond donors (Lipinski definition) is 1. The van der Waals surface area contributed by atoms with E-state index in [-0.39, 0.29) is 23.1 Å². The zero-order valence-electron chi connectivity index (χ0n) is 13.5. The van der Waals surface area contributed by atoms with Crippen molar-refractivity contribution in [3.8, 4) is 12.1 Å². The fourth-order valence-corrected chi connectivity index (χ4v) is 5.21. The zero-order valence-corrected chi connectivity index (χ0v) is 14.3. The Bertz CT molecular complexity index is 834. The lowest BCUT2D eigenvalue weighted by Gasteiger charge is -2.19. The fourth-order valence-electron chi connectivity index (χ4n) is 3.53.